The molecule has 0 aromatic carbocycles. The number of piperazine rings is 1. The predicted octanol–water partition coefficient (Wildman–Crippen LogP) is 1.01. The molecule has 0 aliphatic carbocycles. The maximum Gasteiger partial charge on any atom is 0.244 e. The Labute approximate surface area is 153 Å². The highest BCUT2D eigenvalue weighted by Gasteiger charge is 2.23. The van der Waals surface area contributed by atoms with E-state index in [0.29, 0.717) is 19.6 Å². The molecule has 2 aliphatic heterocycles. The molecule has 0 saturated carbocycles. The Hall–Kier alpha value is -2.64. The van der Waals surface area contributed by atoms with Crippen LogP contribution in [0.15, 0.2) is 30.9 Å². The second-order valence-electron chi connectivity index (χ2n) is 6.85. The zero-order valence-electron chi connectivity index (χ0n) is 15.0. The second-order valence-corrected chi connectivity index (χ2v) is 6.85. The van der Waals surface area contributed by atoms with Crippen LogP contribution in [0.1, 0.15) is 19.3 Å². The van der Waals surface area contributed by atoms with E-state index in [-0.39, 0.29) is 5.91 Å². The molecule has 2 aliphatic rings. The molecule has 8 nitrogen and oxygen atoms in total. The van der Waals surface area contributed by atoms with Crippen molar-refractivity contribution in [2.45, 2.75) is 25.8 Å². The van der Waals surface area contributed by atoms with Crippen molar-refractivity contribution < 1.29 is 4.79 Å². The minimum absolute atomic E-state index is 0.116. The van der Waals surface area contributed by atoms with E-state index in [4.69, 9.17) is 0 Å². The van der Waals surface area contributed by atoms with Crippen LogP contribution >= 0.6 is 0 Å². The Morgan fingerprint density at radius 3 is 2.27 bits per heavy atom. The third kappa shape index (κ3) is 3.79. The van der Waals surface area contributed by atoms with Crippen LogP contribution in [-0.2, 0) is 11.3 Å². The molecule has 0 bridgehead atoms. The molecular formula is C18H25N7O. The highest BCUT2D eigenvalue weighted by Crippen LogP contribution is 2.22. The van der Waals surface area contributed by atoms with Gasteiger partial charge in [0.25, 0.3) is 0 Å². The maximum absolute atomic E-state index is 12.4. The van der Waals surface area contributed by atoms with Gasteiger partial charge in [0.15, 0.2) is 0 Å². The summed E-state index contributed by atoms with van der Waals surface area (Å²) in [6.07, 6.45) is 8.95. The second kappa shape index (κ2) is 7.72. The largest absolute Gasteiger partial charge is 0.356 e. The minimum atomic E-state index is 0.116. The van der Waals surface area contributed by atoms with Crippen molar-refractivity contribution in [3.63, 3.8) is 0 Å². The standard InChI is InChI=1S/C18H25N7O/c26-18(14-25-8-4-5-21-25)24-11-9-23(10-12-24)17-13-16(19-15-20-17)22-6-2-1-3-7-22/h4-5,8,13,15H,1-3,6-7,9-12,14H2. The van der Waals surface area contributed by atoms with E-state index in [9.17, 15) is 4.79 Å². The monoisotopic (exact) mass is 355 g/mol. The summed E-state index contributed by atoms with van der Waals surface area (Å²) in [5, 5.41) is 4.10. The topological polar surface area (TPSA) is 70.4 Å². The number of anilines is 2. The number of rotatable bonds is 4. The summed E-state index contributed by atoms with van der Waals surface area (Å²) >= 11 is 0. The maximum atomic E-state index is 12.4. The lowest BCUT2D eigenvalue weighted by Gasteiger charge is -2.36. The SMILES string of the molecule is O=C(Cn1cccn1)N1CCN(c2cc(N3CCCCC3)ncn2)CC1. The van der Waals surface area contributed by atoms with Gasteiger partial charge in [0.2, 0.25) is 5.91 Å². The van der Waals surface area contributed by atoms with Gasteiger partial charge in [0, 0.05) is 57.7 Å². The average Bonchev–Trinajstić information content (AvgIpc) is 3.22. The molecule has 0 radical (unpaired) electrons. The Balaban J connectivity index is 1.35. The Bertz CT molecular complexity index is 719. The van der Waals surface area contributed by atoms with Gasteiger partial charge in [0.05, 0.1) is 0 Å². The molecule has 26 heavy (non-hydrogen) atoms. The number of nitrogens with zero attached hydrogens (tertiary/aromatic N) is 7. The number of hydrogen-bond donors (Lipinski definition) is 0. The zero-order valence-corrected chi connectivity index (χ0v) is 15.0. The van der Waals surface area contributed by atoms with Crippen LogP contribution in [0.25, 0.3) is 0 Å². The lowest BCUT2D eigenvalue weighted by atomic mass is 10.1. The van der Waals surface area contributed by atoms with Gasteiger partial charge < -0.3 is 14.7 Å². The first-order valence-corrected chi connectivity index (χ1v) is 9.37. The van der Waals surface area contributed by atoms with Gasteiger partial charge in [-0.3, -0.25) is 9.48 Å². The van der Waals surface area contributed by atoms with E-state index >= 15 is 0 Å². The van der Waals surface area contributed by atoms with Gasteiger partial charge in [-0.1, -0.05) is 0 Å². The van der Waals surface area contributed by atoms with Crippen LogP contribution in [0.5, 0.6) is 0 Å². The molecule has 2 saturated heterocycles. The Morgan fingerprint density at radius 2 is 1.62 bits per heavy atom. The molecule has 138 valence electrons. The quantitative estimate of drug-likeness (QED) is 0.815. The summed E-state index contributed by atoms with van der Waals surface area (Å²) in [5.41, 5.74) is 0. The Morgan fingerprint density at radius 1 is 0.923 bits per heavy atom. The highest BCUT2D eigenvalue weighted by molar-refractivity contribution is 5.76. The molecule has 2 aromatic rings. The van der Waals surface area contributed by atoms with Crippen LogP contribution in [-0.4, -0.2) is 69.8 Å². The highest BCUT2D eigenvalue weighted by atomic mass is 16.2. The number of aromatic nitrogens is 4. The average molecular weight is 355 g/mol. The zero-order chi connectivity index (χ0) is 17.8. The normalized spacial score (nSPS) is 18.2. The van der Waals surface area contributed by atoms with Crippen LogP contribution in [0.3, 0.4) is 0 Å². The van der Waals surface area contributed by atoms with Crippen LogP contribution in [0, 0.1) is 0 Å². The van der Waals surface area contributed by atoms with Crippen molar-refractivity contribution in [3.8, 4) is 0 Å². The van der Waals surface area contributed by atoms with Crippen molar-refractivity contribution in [1.29, 1.82) is 0 Å². The summed E-state index contributed by atoms with van der Waals surface area (Å²) in [4.78, 5) is 27.8. The van der Waals surface area contributed by atoms with E-state index in [0.717, 1.165) is 37.8 Å². The molecule has 0 unspecified atom stereocenters. The molecular weight excluding hydrogens is 330 g/mol. The molecule has 0 N–H and O–H groups in total. The molecule has 0 atom stereocenters. The number of hydrogen-bond acceptors (Lipinski definition) is 6. The summed E-state index contributed by atoms with van der Waals surface area (Å²) in [6, 6.07) is 3.92. The first-order valence-electron chi connectivity index (χ1n) is 9.37. The van der Waals surface area contributed by atoms with E-state index < -0.39 is 0 Å². The third-order valence-corrected chi connectivity index (χ3v) is 5.13. The summed E-state index contributed by atoms with van der Waals surface area (Å²) in [6.45, 7) is 5.47. The van der Waals surface area contributed by atoms with Crippen LogP contribution < -0.4 is 9.80 Å². The van der Waals surface area contributed by atoms with Gasteiger partial charge in [-0.25, -0.2) is 9.97 Å². The molecule has 4 rings (SSSR count). The number of carbonyl (C=O) groups excluding carboxylic acids is 1. The fourth-order valence-corrected chi connectivity index (χ4v) is 3.62. The van der Waals surface area contributed by atoms with Crippen molar-refractivity contribution in [2.75, 3.05) is 49.1 Å². The molecule has 0 spiro atoms. The number of amides is 1. The van der Waals surface area contributed by atoms with Crippen molar-refractivity contribution in [2.24, 2.45) is 0 Å². The molecule has 2 fully saturated rings. The lowest BCUT2D eigenvalue weighted by molar-refractivity contribution is -0.132. The van der Waals surface area contributed by atoms with Gasteiger partial charge in [-0.2, -0.15) is 5.10 Å². The predicted molar refractivity (Wildman–Crippen MR) is 99.1 cm³/mol. The number of carbonyl (C=O) groups is 1. The van der Waals surface area contributed by atoms with Crippen molar-refractivity contribution in [3.05, 3.63) is 30.9 Å². The van der Waals surface area contributed by atoms with Crippen LogP contribution in [0.2, 0.25) is 0 Å². The molecule has 8 heteroatoms. The van der Waals surface area contributed by atoms with Crippen molar-refractivity contribution in [1.82, 2.24) is 24.6 Å². The fourth-order valence-electron chi connectivity index (χ4n) is 3.62. The number of piperidine rings is 1. The molecule has 2 aromatic heterocycles. The summed E-state index contributed by atoms with van der Waals surface area (Å²) < 4.78 is 1.67. The van der Waals surface area contributed by atoms with E-state index in [1.165, 1.54) is 19.3 Å². The minimum Gasteiger partial charge on any atom is -0.356 e. The van der Waals surface area contributed by atoms with E-state index in [1.54, 1.807) is 17.2 Å². The van der Waals surface area contributed by atoms with Gasteiger partial charge in [0.1, 0.15) is 24.5 Å². The Kier molecular flexibility index (Phi) is 4.99. The fraction of sp³-hybridized carbons (Fsp3) is 0.556. The molecule has 1 amide bonds. The lowest BCUT2D eigenvalue weighted by Crippen LogP contribution is -2.50. The van der Waals surface area contributed by atoms with Gasteiger partial charge in [-0.15, -0.1) is 0 Å². The van der Waals surface area contributed by atoms with E-state index in [2.05, 4.69) is 30.9 Å². The summed E-state index contributed by atoms with van der Waals surface area (Å²) in [5.74, 6) is 2.09. The van der Waals surface area contributed by atoms with Crippen molar-refractivity contribution >= 4 is 17.5 Å². The van der Waals surface area contributed by atoms with Gasteiger partial charge >= 0.3 is 0 Å². The van der Waals surface area contributed by atoms with Crippen LogP contribution in [0.4, 0.5) is 11.6 Å². The first-order chi connectivity index (χ1) is 12.8. The van der Waals surface area contributed by atoms with E-state index in [1.807, 2.05) is 17.2 Å². The van der Waals surface area contributed by atoms with Gasteiger partial charge in [-0.05, 0) is 25.3 Å². The third-order valence-electron chi connectivity index (χ3n) is 5.13. The first kappa shape index (κ1) is 16.8. The summed E-state index contributed by atoms with van der Waals surface area (Å²) in [7, 11) is 0. The smallest absolute Gasteiger partial charge is 0.244 e. The molecule has 4 heterocycles.